The second-order valence-corrected chi connectivity index (χ2v) is 6.92. The fraction of sp³-hybridized carbons (Fsp3) is 0.929. The quantitative estimate of drug-likeness (QED) is 0.746. The van der Waals surface area contributed by atoms with Crippen molar-refractivity contribution in [1.82, 2.24) is 9.80 Å². The average Bonchev–Trinajstić information content (AvgIpc) is 2.98. The highest BCUT2D eigenvalue weighted by Crippen LogP contribution is 2.40. The third-order valence-electron chi connectivity index (χ3n) is 5.09. The number of carbonyl (C=O) groups excluding carboxylic acids is 1. The molecule has 0 spiro atoms. The van der Waals surface area contributed by atoms with Gasteiger partial charge in [0, 0.05) is 44.0 Å². The van der Waals surface area contributed by atoms with Crippen molar-refractivity contribution in [2.24, 2.45) is 5.41 Å². The molecule has 0 aromatic heterocycles. The van der Waals surface area contributed by atoms with E-state index in [9.17, 15) is 4.79 Å². The lowest BCUT2D eigenvalue weighted by Gasteiger charge is -2.41. The molecule has 4 heteroatoms. The molecule has 0 bridgehead atoms. The summed E-state index contributed by atoms with van der Waals surface area (Å²) in [6.45, 7) is 4.39. The van der Waals surface area contributed by atoms with Gasteiger partial charge in [0.15, 0.2) is 0 Å². The molecule has 3 nitrogen and oxygen atoms in total. The zero-order valence-electron chi connectivity index (χ0n) is 11.0. The van der Waals surface area contributed by atoms with Gasteiger partial charge in [-0.15, -0.1) is 0 Å². The molecule has 2 saturated heterocycles. The first kappa shape index (κ1) is 12.9. The molecule has 0 aromatic rings. The summed E-state index contributed by atoms with van der Waals surface area (Å²) >= 11 is 3.73. The van der Waals surface area contributed by atoms with Crippen LogP contribution < -0.4 is 0 Å². The first-order valence-electron chi connectivity index (χ1n) is 7.30. The van der Waals surface area contributed by atoms with Crippen molar-refractivity contribution in [2.75, 3.05) is 31.5 Å². The smallest absolute Gasteiger partial charge is 0.222 e. The lowest BCUT2D eigenvalue weighted by atomic mass is 9.87. The monoisotopic (exact) mass is 314 g/mol. The van der Waals surface area contributed by atoms with Crippen molar-refractivity contribution in [3.63, 3.8) is 0 Å². The number of amides is 1. The molecule has 1 aliphatic carbocycles. The summed E-state index contributed by atoms with van der Waals surface area (Å²) in [5, 5.41) is 1.14. The molecular formula is C14H23BrN2O. The van der Waals surface area contributed by atoms with E-state index >= 15 is 0 Å². The Morgan fingerprint density at radius 1 is 1.28 bits per heavy atom. The van der Waals surface area contributed by atoms with Gasteiger partial charge >= 0.3 is 0 Å². The van der Waals surface area contributed by atoms with E-state index in [-0.39, 0.29) is 0 Å². The first-order chi connectivity index (χ1) is 8.72. The number of nitrogens with zero attached hydrogens (tertiary/aromatic N) is 2. The molecule has 1 unspecified atom stereocenters. The van der Waals surface area contributed by atoms with Gasteiger partial charge in [0.25, 0.3) is 0 Å². The third kappa shape index (κ3) is 2.34. The largest absolute Gasteiger partial charge is 0.337 e. The Bertz CT molecular complexity index is 328. The lowest BCUT2D eigenvalue weighted by Crippen LogP contribution is -2.53. The average molecular weight is 315 g/mol. The van der Waals surface area contributed by atoms with Crippen LogP contribution >= 0.6 is 15.9 Å². The number of fused-ring (bicyclic) bond motifs is 1. The van der Waals surface area contributed by atoms with Crippen LogP contribution in [0, 0.1) is 5.41 Å². The number of carbonyl (C=O) groups is 1. The van der Waals surface area contributed by atoms with Crippen LogP contribution in [-0.4, -0.2) is 53.3 Å². The van der Waals surface area contributed by atoms with Crippen molar-refractivity contribution in [2.45, 2.75) is 44.6 Å². The minimum absolute atomic E-state index is 0.385. The first-order valence-corrected chi connectivity index (χ1v) is 8.42. The van der Waals surface area contributed by atoms with Gasteiger partial charge in [-0.3, -0.25) is 9.69 Å². The maximum absolute atomic E-state index is 11.7. The Morgan fingerprint density at radius 3 is 2.78 bits per heavy atom. The Balaban J connectivity index is 1.60. The van der Waals surface area contributed by atoms with E-state index in [1.165, 1.54) is 32.2 Å². The molecular weight excluding hydrogens is 292 g/mol. The van der Waals surface area contributed by atoms with Gasteiger partial charge in [0.05, 0.1) is 0 Å². The molecule has 0 N–H and O–H groups in total. The summed E-state index contributed by atoms with van der Waals surface area (Å²) in [4.78, 5) is 16.4. The molecule has 18 heavy (non-hydrogen) atoms. The normalized spacial score (nSPS) is 31.9. The molecule has 1 amide bonds. The van der Waals surface area contributed by atoms with Crippen molar-refractivity contribution in [1.29, 1.82) is 0 Å². The van der Waals surface area contributed by atoms with Crippen LogP contribution in [-0.2, 0) is 4.79 Å². The number of halogens is 1. The van der Waals surface area contributed by atoms with E-state index in [1.807, 2.05) is 0 Å². The van der Waals surface area contributed by atoms with Crippen molar-refractivity contribution in [3.8, 4) is 0 Å². The van der Waals surface area contributed by atoms with E-state index in [0.29, 0.717) is 17.4 Å². The summed E-state index contributed by atoms with van der Waals surface area (Å²) < 4.78 is 0. The van der Waals surface area contributed by atoms with Gasteiger partial charge in [-0.05, 0) is 24.7 Å². The number of hydrogen-bond donors (Lipinski definition) is 0. The standard InChI is InChI=1S/C14H23BrN2O/c15-10-14(5-1-2-6-14)11-16-7-8-17-12(9-16)3-4-13(17)18/h12H,1-11H2. The predicted molar refractivity (Wildman–Crippen MR) is 75.9 cm³/mol. The molecule has 2 heterocycles. The maximum atomic E-state index is 11.7. The molecule has 0 radical (unpaired) electrons. The Hall–Kier alpha value is -0.0900. The zero-order chi connectivity index (χ0) is 12.6. The van der Waals surface area contributed by atoms with Gasteiger partial charge in [-0.1, -0.05) is 28.8 Å². The van der Waals surface area contributed by atoms with Crippen LogP contribution in [0.2, 0.25) is 0 Å². The van der Waals surface area contributed by atoms with Gasteiger partial charge in [-0.25, -0.2) is 0 Å². The highest BCUT2D eigenvalue weighted by atomic mass is 79.9. The van der Waals surface area contributed by atoms with Crippen LogP contribution in [0.1, 0.15) is 38.5 Å². The van der Waals surface area contributed by atoms with Crippen LogP contribution in [0.3, 0.4) is 0 Å². The predicted octanol–water partition coefficient (Wildman–Crippen LogP) is 2.25. The molecule has 3 fully saturated rings. The Morgan fingerprint density at radius 2 is 2.06 bits per heavy atom. The van der Waals surface area contributed by atoms with E-state index in [1.54, 1.807) is 0 Å². The summed E-state index contributed by atoms with van der Waals surface area (Å²) in [6.07, 6.45) is 7.41. The van der Waals surface area contributed by atoms with E-state index < -0.39 is 0 Å². The minimum Gasteiger partial charge on any atom is -0.337 e. The summed E-state index contributed by atoms with van der Waals surface area (Å²) in [6, 6.07) is 0.514. The number of rotatable bonds is 3. The molecule has 102 valence electrons. The molecule has 3 aliphatic rings. The van der Waals surface area contributed by atoms with Gasteiger partial charge in [0.1, 0.15) is 0 Å². The van der Waals surface area contributed by atoms with Crippen molar-refractivity contribution < 1.29 is 4.79 Å². The van der Waals surface area contributed by atoms with Crippen LogP contribution in [0.4, 0.5) is 0 Å². The van der Waals surface area contributed by atoms with Crippen LogP contribution in [0.25, 0.3) is 0 Å². The highest BCUT2D eigenvalue weighted by molar-refractivity contribution is 9.09. The summed E-state index contributed by atoms with van der Waals surface area (Å²) in [7, 11) is 0. The Labute approximate surface area is 118 Å². The molecule has 1 saturated carbocycles. The van der Waals surface area contributed by atoms with Crippen LogP contribution in [0.5, 0.6) is 0 Å². The summed E-state index contributed by atoms with van der Waals surface area (Å²) in [5.41, 5.74) is 0.519. The van der Waals surface area contributed by atoms with E-state index in [0.717, 1.165) is 37.8 Å². The number of alkyl halides is 1. The second kappa shape index (κ2) is 5.12. The van der Waals surface area contributed by atoms with Gasteiger partial charge in [0.2, 0.25) is 5.91 Å². The van der Waals surface area contributed by atoms with Gasteiger partial charge < -0.3 is 4.90 Å². The number of piperazine rings is 1. The number of hydrogen-bond acceptors (Lipinski definition) is 2. The molecule has 3 rings (SSSR count). The van der Waals surface area contributed by atoms with Crippen molar-refractivity contribution in [3.05, 3.63) is 0 Å². The van der Waals surface area contributed by atoms with Gasteiger partial charge in [-0.2, -0.15) is 0 Å². The Kier molecular flexibility index (Phi) is 3.68. The minimum atomic E-state index is 0.385. The molecule has 1 atom stereocenters. The SMILES string of the molecule is O=C1CCC2CN(CC3(CBr)CCCC3)CCN12. The molecule has 2 aliphatic heterocycles. The third-order valence-corrected chi connectivity index (χ3v) is 6.27. The van der Waals surface area contributed by atoms with E-state index in [4.69, 9.17) is 0 Å². The van der Waals surface area contributed by atoms with Crippen LogP contribution in [0.15, 0.2) is 0 Å². The lowest BCUT2D eigenvalue weighted by molar-refractivity contribution is -0.130. The molecule has 0 aromatic carbocycles. The topological polar surface area (TPSA) is 23.6 Å². The van der Waals surface area contributed by atoms with E-state index in [2.05, 4.69) is 25.7 Å². The maximum Gasteiger partial charge on any atom is 0.222 e. The fourth-order valence-electron chi connectivity index (χ4n) is 4.01. The zero-order valence-corrected chi connectivity index (χ0v) is 12.6. The summed E-state index contributed by atoms with van der Waals surface area (Å²) in [5.74, 6) is 0.385. The fourth-order valence-corrected chi connectivity index (χ4v) is 4.74. The van der Waals surface area contributed by atoms with Crippen molar-refractivity contribution >= 4 is 21.8 Å². The highest BCUT2D eigenvalue weighted by Gasteiger charge is 2.39. The second-order valence-electron chi connectivity index (χ2n) is 6.36.